The Labute approximate surface area is 182 Å². The molecule has 2 N–H and O–H groups in total. The number of piperidine rings is 1. The molecule has 3 fully saturated rings. The molecule has 4 rings (SSSR count). The Hall–Kier alpha value is -2.37. The van der Waals surface area contributed by atoms with Gasteiger partial charge in [0.05, 0.1) is 19.8 Å². The zero-order valence-electron chi connectivity index (χ0n) is 18.3. The molecule has 11 heteroatoms. The third-order valence-corrected chi connectivity index (χ3v) is 6.73. The third kappa shape index (κ3) is 4.35. The maximum Gasteiger partial charge on any atom is 0.333 e. The van der Waals surface area contributed by atoms with Gasteiger partial charge in [-0.25, -0.2) is 9.37 Å². The zero-order valence-corrected chi connectivity index (χ0v) is 18.3. The molecule has 4 amide bonds. The van der Waals surface area contributed by atoms with Crippen LogP contribution < -0.4 is 5.73 Å². The molecule has 4 heterocycles. The van der Waals surface area contributed by atoms with Crippen molar-refractivity contribution in [2.24, 2.45) is 16.6 Å². The van der Waals surface area contributed by atoms with Crippen LogP contribution in [0, 0.1) is 5.92 Å². The van der Waals surface area contributed by atoms with E-state index in [-0.39, 0.29) is 23.8 Å². The molecule has 31 heavy (non-hydrogen) atoms. The summed E-state index contributed by atoms with van der Waals surface area (Å²) in [5, 5.41) is 0. The smallest absolute Gasteiger partial charge is 0.333 e. The fourth-order valence-electron chi connectivity index (χ4n) is 4.68. The Morgan fingerprint density at radius 3 is 2.42 bits per heavy atom. The molecule has 1 unspecified atom stereocenters. The topological polar surface area (TPSA) is 115 Å². The number of amidine groups is 2. The van der Waals surface area contributed by atoms with Gasteiger partial charge in [-0.05, 0) is 30.9 Å². The lowest BCUT2D eigenvalue weighted by Crippen LogP contribution is -2.62. The summed E-state index contributed by atoms with van der Waals surface area (Å²) < 4.78 is 7.48. The minimum atomic E-state index is -0.577. The number of aliphatic imine (C=N–C) groups is 1. The first-order valence-corrected chi connectivity index (χ1v) is 10.9. The summed E-state index contributed by atoms with van der Waals surface area (Å²) in [6.07, 6.45) is 1.47. The fourth-order valence-corrected chi connectivity index (χ4v) is 4.68. The van der Waals surface area contributed by atoms with Gasteiger partial charge in [0.1, 0.15) is 6.54 Å². The number of ether oxygens (including phenoxy) is 1. The van der Waals surface area contributed by atoms with E-state index in [4.69, 9.17) is 15.5 Å². The number of rotatable bonds is 6. The highest BCUT2D eigenvalue weighted by molar-refractivity contribution is 6.23. The number of nitrogens with two attached hydrogens (primary N) is 1. The number of morpholine rings is 1. The second-order valence-electron chi connectivity index (χ2n) is 8.63. The molecule has 0 saturated carbocycles. The van der Waals surface area contributed by atoms with E-state index < -0.39 is 6.04 Å². The van der Waals surface area contributed by atoms with Crippen LogP contribution >= 0.6 is 0 Å². The van der Waals surface area contributed by atoms with E-state index in [1.165, 1.54) is 16.8 Å². The number of primary amides is 1. The highest BCUT2D eigenvalue weighted by atomic mass is 16.5. The zero-order chi connectivity index (χ0) is 22.1. The molecule has 170 valence electrons. The van der Waals surface area contributed by atoms with E-state index in [2.05, 4.69) is 9.80 Å². The van der Waals surface area contributed by atoms with Gasteiger partial charge >= 0.3 is 11.9 Å². The number of carbonyl (C=O) groups is 3. The van der Waals surface area contributed by atoms with Crippen LogP contribution in [0.5, 0.6) is 0 Å². The normalized spacial score (nSPS) is 26.5. The second kappa shape index (κ2) is 9.01. The highest BCUT2D eigenvalue weighted by Crippen LogP contribution is 2.21. The minimum Gasteiger partial charge on any atom is -0.379 e. The number of nitrogens with zero attached hydrogens (tertiary/aromatic N) is 6. The van der Waals surface area contributed by atoms with Gasteiger partial charge in [-0.15, -0.1) is 0 Å². The minimum absolute atomic E-state index is 0.0740. The summed E-state index contributed by atoms with van der Waals surface area (Å²) in [6, 6.07) is -0.941. The summed E-state index contributed by atoms with van der Waals surface area (Å²) in [4.78, 5) is 48.9. The van der Waals surface area contributed by atoms with Gasteiger partial charge in [-0.1, -0.05) is 0 Å². The van der Waals surface area contributed by atoms with Gasteiger partial charge < -0.3 is 10.5 Å². The summed E-state index contributed by atoms with van der Waals surface area (Å²) in [5.74, 6) is 0.743. The molecule has 0 aromatic rings. The number of urea groups is 1. The first-order valence-electron chi connectivity index (χ1n) is 10.9. The predicted octanol–water partition coefficient (Wildman–Crippen LogP) is -1.77. The average molecular weight is 435 g/mol. The Kier molecular flexibility index (Phi) is 6.35. The first-order chi connectivity index (χ1) is 14.9. The molecule has 4 aliphatic rings. The van der Waals surface area contributed by atoms with Gasteiger partial charge in [0.2, 0.25) is 5.91 Å². The van der Waals surface area contributed by atoms with Crippen LogP contribution in [0.15, 0.2) is 4.99 Å². The highest BCUT2D eigenvalue weighted by Gasteiger charge is 2.53. The van der Waals surface area contributed by atoms with Crippen LogP contribution in [-0.4, -0.2) is 133 Å². The average Bonchev–Trinajstić information content (AvgIpc) is 3.14. The number of likely N-dealkylation sites (tertiary alicyclic amines) is 1. The number of hydrogen-bond donors (Lipinski definition) is 1. The van der Waals surface area contributed by atoms with Crippen LogP contribution in [0.25, 0.3) is 0 Å². The number of fused-ring (bicyclic) bond motifs is 1. The molecular formula is C20H32N7O4+. The number of amides is 4. The lowest BCUT2D eigenvalue weighted by atomic mass is 9.96. The summed E-state index contributed by atoms with van der Waals surface area (Å²) in [5.41, 5.74) is 5.46. The third-order valence-electron chi connectivity index (χ3n) is 6.73. The molecule has 4 aliphatic heterocycles. The molecule has 0 bridgehead atoms. The van der Waals surface area contributed by atoms with Gasteiger partial charge in [0.25, 0.3) is 17.8 Å². The maximum atomic E-state index is 13.0. The Bertz CT molecular complexity index is 812. The van der Waals surface area contributed by atoms with Crippen LogP contribution in [0.3, 0.4) is 0 Å². The molecule has 3 saturated heterocycles. The van der Waals surface area contributed by atoms with Crippen molar-refractivity contribution in [2.45, 2.75) is 18.9 Å². The van der Waals surface area contributed by atoms with E-state index >= 15 is 0 Å². The monoisotopic (exact) mass is 434 g/mol. The van der Waals surface area contributed by atoms with Gasteiger partial charge in [0, 0.05) is 39.6 Å². The van der Waals surface area contributed by atoms with Gasteiger partial charge in [-0.2, -0.15) is 0 Å². The van der Waals surface area contributed by atoms with Crippen LogP contribution in [0.1, 0.15) is 12.8 Å². The number of imide groups is 1. The van der Waals surface area contributed by atoms with Crippen LogP contribution in [0.2, 0.25) is 0 Å². The molecule has 1 atom stereocenters. The van der Waals surface area contributed by atoms with Crippen LogP contribution in [0.4, 0.5) is 4.79 Å². The number of hydrogen-bond acceptors (Lipinski definition) is 7. The van der Waals surface area contributed by atoms with Gasteiger partial charge in [-0.3, -0.25) is 29.2 Å². The lowest BCUT2D eigenvalue weighted by Gasteiger charge is -2.32. The largest absolute Gasteiger partial charge is 0.379 e. The summed E-state index contributed by atoms with van der Waals surface area (Å²) in [6.45, 7) is 6.71. The SMILES string of the molecule is CN1C(=O)C2C(=NC(CN3CCC(C(N)=O)CC3)=[N+]2CCN2CCOCC2)N(C)C1=O. The molecule has 0 radical (unpaired) electrons. The maximum absolute atomic E-state index is 13.0. The van der Waals surface area contributed by atoms with Crippen molar-refractivity contribution < 1.29 is 23.7 Å². The molecule has 0 aromatic carbocycles. The van der Waals surface area contributed by atoms with Crippen molar-refractivity contribution in [2.75, 3.05) is 73.1 Å². The number of likely N-dealkylation sites (N-methyl/N-ethyl adjacent to an activating group) is 2. The van der Waals surface area contributed by atoms with Crippen molar-refractivity contribution in [3.63, 3.8) is 0 Å². The van der Waals surface area contributed by atoms with Gasteiger partial charge in [0.15, 0.2) is 0 Å². The Morgan fingerprint density at radius 2 is 1.77 bits per heavy atom. The van der Waals surface area contributed by atoms with E-state index in [1.54, 1.807) is 7.05 Å². The van der Waals surface area contributed by atoms with E-state index in [1.807, 2.05) is 4.58 Å². The summed E-state index contributed by atoms with van der Waals surface area (Å²) >= 11 is 0. The lowest BCUT2D eigenvalue weighted by molar-refractivity contribution is -0.536. The van der Waals surface area contributed by atoms with Crippen molar-refractivity contribution in [1.29, 1.82) is 0 Å². The Balaban J connectivity index is 1.53. The molecule has 0 aromatic heterocycles. The van der Waals surface area contributed by atoms with E-state index in [9.17, 15) is 14.4 Å². The van der Waals surface area contributed by atoms with Crippen molar-refractivity contribution in [3.05, 3.63) is 0 Å². The Morgan fingerprint density at radius 1 is 1.10 bits per heavy atom. The van der Waals surface area contributed by atoms with E-state index in [0.29, 0.717) is 18.9 Å². The second-order valence-corrected chi connectivity index (χ2v) is 8.63. The number of carbonyl (C=O) groups excluding carboxylic acids is 3. The van der Waals surface area contributed by atoms with E-state index in [0.717, 1.165) is 64.6 Å². The molecule has 0 aliphatic carbocycles. The van der Waals surface area contributed by atoms with Crippen molar-refractivity contribution in [1.82, 2.24) is 19.6 Å². The summed E-state index contributed by atoms with van der Waals surface area (Å²) in [7, 11) is 3.18. The quantitative estimate of drug-likeness (QED) is 0.495. The first kappa shape index (κ1) is 21.8. The predicted molar refractivity (Wildman–Crippen MR) is 113 cm³/mol. The fraction of sp³-hybridized carbons (Fsp3) is 0.750. The van der Waals surface area contributed by atoms with Crippen molar-refractivity contribution >= 4 is 29.5 Å². The van der Waals surface area contributed by atoms with Crippen molar-refractivity contribution in [3.8, 4) is 0 Å². The molecular weight excluding hydrogens is 402 g/mol. The van der Waals surface area contributed by atoms with Crippen LogP contribution in [-0.2, 0) is 14.3 Å². The standard InChI is InChI=1S/C20H31N7O4/c1-23-18-16(19(29)24(2)20(23)30)27(8-7-25-9-11-31-12-10-25)15(22-18)13-26-5-3-14(4-6-26)17(21)28/h14,16H,3-13H2,1-2H3,(H-,21,28)/p+1. The molecule has 0 spiro atoms. The molecule has 11 nitrogen and oxygen atoms in total.